The molecule has 0 saturated carbocycles. The Kier molecular flexibility index (Phi) is 4.79. The number of piperidine rings is 1. The van der Waals surface area contributed by atoms with Crippen molar-refractivity contribution in [3.63, 3.8) is 0 Å². The van der Waals surface area contributed by atoms with Crippen molar-refractivity contribution in [2.24, 2.45) is 0 Å². The Morgan fingerprint density at radius 2 is 2.05 bits per heavy atom. The molecule has 108 valence electrons. The Labute approximate surface area is 121 Å². The summed E-state index contributed by atoms with van der Waals surface area (Å²) in [5, 5.41) is 9.12. The molecule has 0 spiro atoms. The maximum absolute atomic E-state index is 12.5. The third-order valence-corrected chi connectivity index (χ3v) is 5.86. The van der Waals surface area contributed by atoms with Gasteiger partial charge in [0.15, 0.2) is 0 Å². The van der Waals surface area contributed by atoms with Crippen LogP contribution in [0.1, 0.15) is 37.7 Å². The van der Waals surface area contributed by atoms with Gasteiger partial charge in [0.05, 0.1) is 11.8 Å². The van der Waals surface area contributed by atoms with Gasteiger partial charge in [0.25, 0.3) is 0 Å². The van der Waals surface area contributed by atoms with Crippen molar-refractivity contribution >= 4 is 10.0 Å². The Morgan fingerprint density at radius 1 is 1.35 bits per heavy atom. The molecule has 4 nitrogen and oxygen atoms in total. The summed E-state index contributed by atoms with van der Waals surface area (Å²) in [6, 6.07) is 11.3. The van der Waals surface area contributed by atoms with Gasteiger partial charge in [-0.15, -0.1) is 0 Å². The number of hydrogen-bond donors (Lipinski definition) is 0. The molecule has 20 heavy (non-hydrogen) atoms. The van der Waals surface area contributed by atoms with Crippen LogP contribution in [0.25, 0.3) is 0 Å². The van der Waals surface area contributed by atoms with Crippen molar-refractivity contribution < 1.29 is 8.42 Å². The summed E-state index contributed by atoms with van der Waals surface area (Å²) >= 11 is 0. The van der Waals surface area contributed by atoms with Crippen LogP contribution in [0.4, 0.5) is 0 Å². The van der Waals surface area contributed by atoms with Crippen LogP contribution in [-0.4, -0.2) is 31.1 Å². The zero-order valence-electron chi connectivity index (χ0n) is 11.7. The van der Waals surface area contributed by atoms with Gasteiger partial charge < -0.3 is 0 Å². The number of nitrogens with zero attached hydrogens (tertiary/aromatic N) is 2. The topological polar surface area (TPSA) is 61.2 Å². The van der Waals surface area contributed by atoms with Crippen LogP contribution in [-0.2, 0) is 10.0 Å². The summed E-state index contributed by atoms with van der Waals surface area (Å²) in [5.41, 5.74) is 1.02. The van der Waals surface area contributed by atoms with Crippen LogP contribution in [0.5, 0.6) is 0 Å². The fourth-order valence-corrected chi connectivity index (χ4v) is 4.62. The Morgan fingerprint density at radius 3 is 2.70 bits per heavy atom. The molecule has 1 aromatic rings. The van der Waals surface area contributed by atoms with Gasteiger partial charge >= 0.3 is 0 Å². The van der Waals surface area contributed by atoms with E-state index in [0.29, 0.717) is 13.0 Å². The molecule has 2 atom stereocenters. The number of nitriles is 1. The van der Waals surface area contributed by atoms with Crippen LogP contribution in [0, 0.1) is 11.3 Å². The molecule has 0 aliphatic carbocycles. The second kappa shape index (κ2) is 6.38. The van der Waals surface area contributed by atoms with Gasteiger partial charge in [-0.1, -0.05) is 37.3 Å². The van der Waals surface area contributed by atoms with Gasteiger partial charge in [0, 0.05) is 6.54 Å². The first kappa shape index (κ1) is 15.0. The average molecular weight is 292 g/mol. The molecule has 1 fully saturated rings. The molecule has 1 aliphatic heterocycles. The lowest BCUT2D eigenvalue weighted by Crippen LogP contribution is -2.44. The highest BCUT2D eigenvalue weighted by atomic mass is 32.2. The van der Waals surface area contributed by atoms with Gasteiger partial charge in [0.1, 0.15) is 6.04 Å². The quantitative estimate of drug-likeness (QED) is 0.856. The zero-order chi connectivity index (χ0) is 14.6. The van der Waals surface area contributed by atoms with E-state index in [-0.39, 0.29) is 11.7 Å². The molecule has 0 radical (unpaired) electrons. The highest BCUT2D eigenvalue weighted by Gasteiger charge is 2.33. The van der Waals surface area contributed by atoms with Gasteiger partial charge in [0.2, 0.25) is 10.0 Å². The summed E-state index contributed by atoms with van der Waals surface area (Å²) < 4.78 is 26.4. The SMILES string of the molecule is CC(CS(=O)(=O)N1CCCCC1C#N)c1ccccc1. The van der Waals surface area contributed by atoms with Crippen molar-refractivity contribution in [2.75, 3.05) is 12.3 Å². The first-order valence-corrected chi connectivity index (χ1v) is 8.59. The van der Waals surface area contributed by atoms with Crippen molar-refractivity contribution in [2.45, 2.75) is 38.1 Å². The number of rotatable bonds is 4. The first-order chi connectivity index (χ1) is 9.54. The minimum absolute atomic E-state index is 0.0647. The Bertz CT molecular complexity index is 578. The van der Waals surface area contributed by atoms with E-state index < -0.39 is 16.1 Å². The molecule has 1 heterocycles. The van der Waals surface area contributed by atoms with Gasteiger partial charge in [-0.25, -0.2) is 8.42 Å². The van der Waals surface area contributed by atoms with Gasteiger partial charge in [-0.2, -0.15) is 9.57 Å². The Balaban J connectivity index is 2.13. The van der Waals surface area contributed by atoms with E-state index >= 15 is 0 Å². The predicted molar refractivity (Wildman–Crippen MR) is 78.6 cm³/mol. The molecule has 0 aromatic heterocycles. The maximum Gasteiger partial charge on any atom is 0.215 e. The van der Waals surface area contributed by atoms with Crippen molar-refractivity contribution in [1.29, 1.82) is 5.26 Å². The molecule has 1 aliphatic rings. The van der Waals surface area contributed by atoms with Crippen molar-refractivity contribution in [3.8, 4) is 6.07 Å². The lowest BCUT2D eigenvalue weighted by Gasteiger charge is -2.31. The number of benzene rings is 1. The summed E-state index contributed by atoms with van der Waals surface area (Å²) in [6.07, 6.45) is 2.42. The van der Waals surface area contributed by atoms with Crippen molar-refractivity contribution in [1.82, 2.24) is 4.31 Å². The predicted octanol–water partition coefficient (Wildman–Crippen LogP) is 2.50. The van der Waals surface area contributed by atoms with Crippen LogP contribution in [0.2, 0.25) is 0 Å². The van der Waals surface area contributed by atoms with Crippen molar-refractivity contribution in [3.05, 3.63) is 35.9 Å². The monoisotopic (exact) mass is 292 g/mol. The smallest absolute Gasteiger partial charge is 0.212 e. The van der Waals surface area contributed by atoms with Gasteiger partial charge in [-0.05, 0) is 30.7 Å². The molecule has 2 rings (SSSR count). The normalized spacial score (nSPS) is 22.1. The molecule has 0 N–H and O–H groups in total. The molecule has 1 aromatic carbocycles. The van der Waals surface area contributed by atoms with Gasteiger partial charge in [-0.3, -0.25) is 0 Å². The fourth-order valence-electron chi connectivity index (χ4n) is 2.66. The van der Waals surface area contributed by atoms with Crippen LogP contribution >= 0.6 is 0 Å². The van der Waals surface area contributed by atoms with E-state index in [4.69, 9.17) is 5.26 Å². The molecule has 2 unspecified atom stereocenters. The maximum atomic E-state index is 12.5. The largest absolute Gasteiger partial charge is 0.215 e. The van der Waals surface area contributed by atoms with E-state index in [1.54, 1.807) is 0 Å². The standard InChI is InChI=1S/C15H20N2O2S/c1-13(14-7-3-2-4-8-14)12-20(18,19)17-10-6-5-9-15(17)11-16/h2-4,7-8,13,15H,5-6,9-10,12H2,1H3. The fraction of sp³-hybridized carbons (Fsp3) is 0.533. The second-order valence-corrected chi connectivity index (χ2v) is 7.31. The molecular weight excluding hydrogens is 272 g/mol. The van der Waals surface area contributed by atoms with E-state index in [0.717, 1.165) is 18.4 Å². The summed E-state index contributed by atoms with van der Waals surface area (Å²) in [6.45, 7) is 2.39. The minimum Gasteiger partial charge on any atom is -0.212 e. The highest BCUT2D eigenvalue weighted by Crippen LogP contribution is 2.24. The van der Waals surface area contributed by atoms with Crippen LogP contribution < -0.4 is 0 Å². The third kappa shape index (κ3) is 3.38. The molecular formula is C15H20N2O2S. The van der Waals surface area contributed by atoms with E-state index in [1.165, 1.54) is 4.31 Å². The molecule has 5 heteroatoms. The number of hydrogen-bond acceptors (Lipinski definition) is 3. The second-order valence-electron chi connectivity index (χ2n) is 5.34. The molecule has 0 bridgehead atoms. The average Bonchev–Trinajstić information content (AvgIpc) is 2.47. The highest BCUT2D eigenvalue weighted by molar-refractivity contribution is 7.89. The lowest BCUT2D eigenvalue weighted by molar-refractivity contribution is 0.296. The summed E-state index contributed by atoms with van der Waals surface area (Å²) in [5.74, 6) is -0.00248. The first-order valence-electron chi connectivity index (χ1n) is 6.98. The lowest BCUT2D eigenvalue weighted by atomic mass is 10.0. The third-order valence-electron chi connectivity index (χ3n) is 3.79. The van der Waals surface area contributed by atoms with E-state index in [2.05, 4.69) is 6.07 Å². The molecule has 0 amide bonds. The minimum atomic E-state index is -3.38. The van der Waals surface area contributed by atoms with Crippen LogP contribution in [0.15, 0.2) is 30.3 Å². The van der Waals surface area contributed by atoms with E-state index in [1.807, 2.05) is 37.3 Å². The Hall–Kier alpha value is -1.38. The van der Waals surface area contributed by atoms with Crippen LogP contribution in [0.3, 0.4) is 0 Å². The zero-order valence-corrected chi connectivity index (χ0v) is 12.5. The molecule has 1 saturated heterocycles. The summed E-state index contributed by atoms with van der Waals surface area (Å²) in [4.78, 5) is 0. The number of sulfonamides is 1. The summed E-state index contributed by atoms with van der Waals surface area (Å²) in [7, 11) is -3.38. The van der Waals surface area contributed by atoms with E-state index in [9.17, 15) is 8.42 Å².